The summed E-state index contributed by atoms with van der Waals surface area (Å²) in [6.45, 7) is 3.42. The normalized spacial score (nSPS) is 16.1. The average Bonchev–Trinajstić information content (AvgIpc) is 3.26. The summed E-state index contributed by atoms with van der Waals surface area (Å²) in [4.78, 5) is 13.3. The molecule has 2 aromatic rings. The van der Waals surface area contributed by atoms with Crippen molar-refractivity contribution < 1.29 is 17.9 Å². The summed E-state index contributed by atoms with van der Waals surface area (Å²) in [6, 6.07) is 10.6. The molecule has 1 N–H and O–H groups in total. The topological polar surface area (TPSA) is 88.1 Å². The van der Waals surface area contributed by atoms with Gasteiger partial charge in [-0.3, -0.25) is 4.79 Å². The van der Waals surface area contributed by atoms with E-state index >= 15 is 0 Å². The Morgan fingerprint density at radius 2 is 1.93 bits per heavy atom. The lowest BCUT2D eigenvalue weighted by Gasteiger charge is -2.26. The van der Waals surface area contributed by atoms with Crippen LogP contribution in [0.3, 0.4) is 0 Å². The first-order chi connectivity index (χ1) is 13.5. The van der Waals surface area contributed by atoms with Gasteiger partial charge in [-0.05, 0) is 42.5 Å². The minimum Gasteiger partial charge on any atom is -0.379 e. The van der Waals surface area contributed by atoms with Gasteiger partial charge < -0.3 is 4.74 Å². The molecule has 150 valence electrons. The molecule has 1 aromatic heterocycles. The van der Waals surface area contributed by atoms with E-state index in [1.165, 1.54) is 4.31 Å². The van der Waals surface area contributed by atoms with Crippen LogP contribution >= 0.6 is 11.3 Å². The minimum absolute atomic E-state index is 0.180. The lowest BCUT2D eigenvalue weighted by Crippen LogP contribution is -2.40. The Morgan fingerprint density at radius 3 is 2.57 bits per heavy atom. The third kappa shape index (κ3) is 5.26. The van der Waals surface area contributed by atoms with Gasteiger partial charge in [0.1, 0.15) is 0 Å². The summed E-state index contributed by atoms with van der Waals surface area (Å²) in [7, 11) is -3.49. The maximum atomic E-state index is 12.6. The number of morpholine rings is 1. The number of hydrogen-bond acceptors (Lipinski definition) is 6. The molecule has 1 aromatic carbocycles. The van der Waals surface area contributed by atoms with Crippen LogP contribution in [0.4, 0.5) is 0 Å². The maximum absolute atomic E-state index is 12.6. The summed E-state index contributed by atoms with van der Waals surface area (Å²) in [6.07, 6.45) is 0.786. The lowest BCUT2D eigenvalue weighted by atomic mass is 10.1. The van der Waals surface area contributed by atoms with Gasteiger partial charge in [0, 0.05) is 24.4 Å². The number of carbonyl (C=O) groups is 1. The van der Waals surface area contributed by atoms with Crippen molar-refractivity contribution in [1.29, 1.82) is 0 Å². The van der Waals surface area contributed by atoms with E-state index in [2.05, 4.69) is 10.5 Å². The minimum atomic E-state index is -3.49. The van der Waals surface area contributed by atoms with Gasteiger partial charge in [-0.1, -0.05) is 18.2 Å². The number of amides is 1. The van der Waals surface area contributed by atoms with E-state index in [4.69, 9.17) is 4.74 Å². The van der Waals surface area contributed by atoms with Crippen molar-refractivity contribution in [3.63, 3.8) is 0 Å². The van der Waals surface area contributed by atoms with Gasteiger partial charge in [0.05, 0.1) is 23.8 Å². The largest absolute Gasteiger partial charge is 0.379 e. The monoisotopic (exact) mass is 421 g/mol. The molecule has 2 heterocycles. The van der Waals surface area contributed by atoms with Crippen molar-refractivity contribution in [1.82, 2.24) is 9.73 Å². The van der Waals surface area contributed by atoms with Crippen molar-refractivity contribution >= 4 is 33.0 Å². The molecule has 0 saturated carbocycles. The maximum Gasteiger partial charge on any atom is 0.243 e. The number of sulfonamides is 1. The molecule has 7 nitrogen and oxygen atoms in total. The number of carbonyl (C=O) groups excluding carboxylic acids is 1. The highest BCUT2D eigenvalue weighted by Gasteiger charge is 2.26. The molecule has 0 bridgehead atoms. The van der Waals surface area contributed by atoms with E-state index in [0.717, 1.165) is 16.2 Å². The number of hydrazone groups is 1. The number of rotatable bonds is 7. The van der Waals surface area contributed by atoms with Crippen LogP contribution in [0.25, 0.3) is 0 Å². The molecule has 0 spiro atoms. The fourth-order valence-electron chi connectivity index (χ4n) is 2.76. The molecule has 0 radical (unpaired) electrons. The third-order valence-electron chi connectivity index (χ3n) is 4.40. The van der Waals surface area contributed by atoms with Gasteiger partial charge >= 0.3 is 0 Å². The SMILES string of the molecule is C/C(=N\NC(=O)CCc1ccc(S(=O)(=O)N2CCOCC2)cc1)c1cccs1. The second-order valence-electron chi connectivity index (χ2n) is 6.37. The Hall–Kier alpha value is -2.07. The summed E-state index contributed by atoms with van der Waals surface area (Å²) in [5, 5.41) is 6.07. The zero-order chi connectivity index (χ0) is 20.0. The van der Waals surface area contributed by atoms with Gasteiger partial charge in [-0.2, -0.15) is 9.41 Å². The zero-order valence-corrected chi connectivity index (χ0v) is 17.3. The molecule has 0 unspecified atom stereocenters. The van der Waals surface area contributed by atoms with Crippen molar-refractivity contribution in [3.05, 3.63) is 52.2 Å². The molecule has 9 heteroatoms. The zero-order valence-electron chi connectivity index (χ0n) is 15.6. The summed E-state index contributed by atoms with van der Waals surface area (Å²) in [5.74, 6) is -0.180. The van der Waals surface area contributed by atoms with Crippen molar-refractivity contribution in [3.8, 4) is 0 Å². The van der Waals surface area contributed by atoms with E-state index in [-0.39, 0.29) is 17.2 Å². The average molecular weight is 422 g/mol. The Bertz CT molecular complexity index is 917. The highest BCUT2D eigenvalue weighted by Crippen LogP contribution is 2.18. The van der Waals surface area contributed by atoms with Gasteiger partial charge in [0.25, 0.3) is 0 Å². The second-order valence-corrected chi connectivity index (χ2v) is 9.26. The molecule has 1 fully saturated rings. The van der Waals surface area contributed by atoms with Gasteiger partial charge in [-0.25, -0.2) is 13.8 Å². The summed E-state index contributed by atoms with van der Waals surface area (Å²) in [5.41, 5.74) is 4.22. The smallest absolute Gasteiger partial charge is 0.243 e. The van der Waals surface area contributed by atoms with Gasteiger partial charge in [0.15, 0.2) is 0 Å². The van der Waals surface area contributed by atoms with Crippen LogP contribution in [0.1, 0.15) is 23.8 Å². The van der Waals surface area contributed by atoms with Crippen LogP contribution in [-0.4, -0.2) is 50.6 Å². The Labute approximate surface area is 169 Å². The van der Waals surface area contributed by atoms with Crippen molar-refractivity contribution in [2.45, 2.75) is 24.7 Å². The van der Waals surface area contributed by atoms with E-state index in [1.807, 2.05) is 24.4 Å². The van der Waals surface area contributed by atoms with Crippen LogP contribution in [0.5, 0.6) is 0 Å². The van der Waals surface area contributed by atoms with Crippen LogP contribution in [-0.2, 0) is 26.0 Å². The van der Waals surface area contributed by atoms with Crippen LogP contribution < -0.4 is 5.43 Å². The molecule has 1 amide bonds. The van der Waals surface area contributed by atoms with Crippen molar-refractivity contribution in [2.75, 3.05) is 26.3 Å². The molecule has 1 saturated heterocycles. The Morgan fingerprint density at radius 1 is 1.21 bits per heavy atom. The molecule has 0 atom stereocenters. The number of aryl methyl sites for hydroxylation is 1. The van der Waals surface area contributed by atoms with Gasteiger partial charge in [0.2, 0.25) is 15.9 Å². The Kier molecular flexibility index (Phi) is 6.95. The van der Waals surface area contributed by atoms with Crippen LogP contribution in [0, 0.1) is 0 Å². The van der Waals surface area contributed by atoms with E-state index < -0.39 is 10.0 Å². The quantitative estimate of drug-likeness (QED) is 0.549. The van der Waals surface area contributed by atoms with E-state index in [0.29, 0.717) is 32.7 Å². The second kappa shape index (κ2) is 9.42. The predicted octanol–water partition coefficient (Wildman–Crippen LogP) is 2.24. The Balaban J connectivity index is 1.53. The highest BCUT2D eigenvalue weighted by atomic mass is 32.2. The third-order valence-corrected chi connectivity index (χ3v) is 7.29. The highest BCUT2D eigenvalue weighted by molar-refractivity contribution is 7.89. The van der Waals surface area contributed by atoms with Gasteiger partial charge in [-0.15, -0.1) is 11.3 Å². The summed E-state index contributed by atoms with van der Waals surface area (Å²) < 4.78 is 31.9. The number of benzene rings is 1. The van der Waals surface area contributed by atoms with Crippen LogP contribution in [0.2, 0.25) is 0 Å². The molecule has 1 aliphatic heterocycles. The first kappa shape index (κ1) is 20.7. The molecular formula is C19H23N3O4S2. The molecule has 1 aliphatic rings. The van der Waals surface area contributed by atoms with E-state index in [1.54, 1.807) is 35.6 Å². The number of ether oxygens (including phenoxy) is 1. The fourth-order valence-corrected chi connectivity index (χ4v) is 4.85. The summed E-state index contributed by atoms with van der Waals surface area (Å²) >= 11 is 1.56. The first-order valence-electron chi connectivity index (χ1n) is 9.00. The molecule has 3 rings (SSSR count). The van der Waals surface area contributed by atoms with Crippen molar-refractivity contribution in [2.24, 2.45) is 5.10 Å². The number of nitrogens with one attached hydrogen (secondary N) is 1. The van der Waals surface area contributed by atoms with E-state index in [9.17, 15) is 13.2 Å². The molecule has 0 aliphatic carbocycles. The molecule has 28 heavy (non-hydrogen) atoms. The molecular weight excluding hydrogens is 398 g/mol. The number of nitrogens with zero attached hydrogens (tertiary/aromatic N) is 2. The lowest BCUT2D eigenvalue weighted by molar-refractivity contribution is -0.121. The van der Waals surface area contributed by atoms with Crippen LogP contribution in [0.15, 0.2) is 51.8 Å². The predicted molar refractivity (Wildman–Crippen MR) is 109 cm³/mol. The standard InChI is InChI=1S/C19H23N3O4S2/c1-15(18-3-2-14-27-18)20-21-19(23)9-6-16-4-7-17(8-5-16)28(24,25)22-10-12-26-13-11-22/h2-5,7-8,14H,6,9-13H2,1H3,(H,21,23)/b20-15+. The fraction of sp³-hybridized carbons (Fsp3) is 0.368. The number of hydrogen-bond donors (Lipinski definition) is 1. The number of thiophene rings is 1. The first-order valence-corrected chi connectivity index (χ1v) is 11.3.